The lowest BCUT2D eigenvalue weighted by molar-refractivity contribution is -0.122. The largest absolute Gasteiger partial charge is 0.483 e. The Morgan fingerprint density at radius 1 is 1.26 bits per heavy atom. The number of aromatic nitrogens is 4. The molecule has 0 unspecified atom stereocenters. The van der Waals surface area contributed by atoms with Crippen molar-refractivity contribution < 1.29 is 24.5 Å². The summed E-state index contributed by atoms with van der Waals surface area (Å²) in [5.74, 6) is 1.39. The fraction of sp³-hybridized carbons (Fsp3) is 0.529. The number of hydrogen-bond donors (Lipinski definition) is 3. The van der Waals surface area contributed by atoms with E-state index in [0.717, 1.165) is 24.4 Å². The predicted molar refractivity (Wildman–Crippen MR) is 95.3 cm³/mol. The van der Waals surface area contributed by atoms with Crippen LogP contribution in [0, 0.1) is 0 Å². The van der Waals surface area contributed by atoms with Gasteiger partial charge in [-0.3, -0.25) is 4.79 Å². The van der Waals surface area contributed by atoms with Crippen LogP contribution in [0.4, 0.5) is 5.95 Å². The maximum absolute atomic E-state index is 9.90. The number of ether oxygens (including phenoxy) is 2. The van der Waals surface area contributed by atoms with Gasteiger partial charge in [-0.25, -0.2) is 15.0 Å². The molecule has 2 aliphatic heterocycles. The van der Waals surface area contributed by atoms with Gasteiger partial charge in [0.25, 0.3) is 6.47 Å². The number of carbonyl (C=O) groups is 1. The van der Waals surface area contributed by atoms with Crippen molar-refractivity contribution in [1.82, 2.24) is 19.5 Å². The first kappa shape index (κ1) is 19.2. The first-order chi connectivity index (χ1) is 13.2. The molecule has 0 saturated carbocycles. The van der Waals surface area contributed by atoms with Crippen LogP contribution < -0.4 is 5.32 Å². The Hall–Kier alpha value is -2.56. The van der Waals surface area contributed by atoms with Crippen LogP contribution >= 0.6 is 0 Å². The lowest BCUT2D eigenvalue weighted by Gasteiger charge is -2.19. The van der Waals surface area contributed by atoms with Crippen LogP contribution in [0.3, 0.4) is 0 Å². The topological polar surface area (TPSA) is 132 Å². The molecule has 3 N–H and O–H groups in total. The van der Waals surface area contributed by atoms with Gasteiger partial charge in [0.2, 0.25) is 5.95 Å². The van der Waals surface area contributed by atoms with Gasteiger partial charge in [0.05, 0.1) is 24.8 Å². The first-order valence-corrected chi connectivity index (χ1v) is 8.77. The second kappa shape index (κ2) is 8.89. The summed E-state index contributed by atoms with van der Waals surface area (Å²) in [4.78, 5) is 21.5. The van der Waals surface area contributed by atoms with Gasteiger partial charge in [-0.2, -0.15) is 0 Å². The Balaban J connectivity index is 0.000000659. The Labute approximate surface area is 156 Å². The van der Waals surface area contributed by atoms with Crippen molar-refractivity contribution >= 4 is 12.4 Å². The third-order valence-electron chi connectivity index (χ3n) is 4.47. The summed E-state index contributed by atoms with van der Waals surface area (Å²) in [6.07, 6.45) is 7.23. The third kappa shape index (κ3) is 4.07. The molecule has 4 atom stereocenters. The van der Waals surface area contributed by atoms with E-state index in [2.05, 4.69) is 27.2 Å². The van der Waals surface area contributed by atoms with Crippen molar-refractivity contribution in [2.75, 3.05) is 25.1 Å². The van der Waals surface area contributed by atoms with Gasteiger partial charge >= 0.3 is 0 Å². The molecule has 2 saturated heterocycles. The number of hydrogen-bond acceptors (Lipinski definition) is 8. The summed E-state index contributed by atoms with van der Waals surface area (Å²) in [5.41, 5.74) is 0.837. The average molecular weight is 377 g/mol. The fourth-order valence-corrected chi connectivity index (χ4v) is 3.27. The molecule has 2 aromatic heterocycles. The highest BCUT2D eigenvalue weighted by Gasteiger charge is 2.48. The third-order valence-corrected chi connectivity index (χ3v) is 4.47. The molecule has 10 nitrogen and oxygen atoms in total. The number of nitrogens with one attached hydrogen (secondary N) is 1. The second-order valence-electron chi connectivity index (χ2n) is 6.22. The molecule has 2 aromatic rings. The Morgan fingerprint density at radius 2 is 1.96 bits per heavy atom. The Morgan fingerprint density at radius 3 is 2.67 bits per heavy atom. The molecule has 0 spiro atoms. The minimum absolute atomic E-state index is 0.0115. The molecule has 146 valence electrons. The van der Waals surface area contributed by atoms with Crippen LogP contribution in [0.5, 0.6) is 0 Å². The lowest BCUT2D eigenvalue weighted by Crippen LogP contribution is -2.30. The Bertz CT molecular complexity index is 738. The molecule has 4 rings (SSSR count). The summed E-state index contributed by atoms with van der Waals surface area (Å²) < 4.78 is 13.5. The minimum Gasteiger partial charge on any atom is -0.483 e. The number of anilines is 1. The zero-order valence-corrected chi connectivity index (χ0v) is 14.9. The monoisotopic (exact) mass is 377 g/mol. The molecule has 10 heteroatoms. The molecular weight excluding hydrogens is 354 g/mol. The number of aliphatic hydroxyl groups excluding tert-OH is 1. The molecule has 0 aliphatic carbocycles. The maximum atomic E-state index is 9.90. The zero-order valence-electron chi connectivity index (χ0n) is 14.9. The van der Waals surface area contributed by atoms with Gasteiger partial charge in [0.1, 0.15) is 24.1 Å². The van der Waals surface area contributed by atoms with Crippen LogP contribution in [-0.4, -0.2) is 74.3 Å². The predicted octanol–water partition coefficient (Wildman–Crippen LogP) is 0.562. The van der Waals surface area contributed by atoms with E-state index in [0.29, 0.717) is 19.2 Å². The minimum atomic E-state index is -0.556. The highest BCUT2D eigenvalue weighted by molar-refractivity contribution is 5.54. The van der Waals surface area contributed by atoms with Crippen molar-refractivity contribution in [1.29, 1.82) is 0 Å². The zero-order chi connectivity index (χ0) is 19.2. The van der Waals surface area contributed by atoms with Crippen molar-refractivity contribution in [2.24, 2.45) is 0 Å². The van der Waals surface area contributed by atoms with E-state index in [-0.39, 0.29) is 24.7 Å². The molecular formula is C17H23N5O5. The van der Waals surface area contributed by atoms with Gasteiger partial charge in [-0.1, -0.05) is 6.92 Å². The SMILES string of the molecule is CCCNc1ncc(-c2nccn2[C@H]2CO[C@H]3[C@@H]2OC[C@H]3O)cn1.O=CO. The van der Waals surface area contributed by atoms with Gasteiger partial charge in [-0.05, 0) is 6.42 Å². The number of nitrogens with zero attached hydrogens (tertiary/aromatic N) is 4. The van der Waals surface area contributed by atoms with E-state index in [9.17, 15) is 5.11 Å². The van der Waals surface area contributed by atoms with Crippen LogP contribution in [0.1, 0.15) is 19.4 Å². The smallest absolute Gasteiger partial charge is 0.290 e. The van der Waals surface area contributed by atoms with Crippen LogP contribution in [0.15, 0.2) is 24.8 Å². The van der Waals surface area contributed by atoms with Gasteiger partial charge in [0, 0.05) is 31.3 Å². The number of carboxylic acid groups (broad SMARTS) is 1. The molecule has 0 aromatic carbocycles. The summed E-state index contributed by atoms with van der Waals surface area (Å²) in [6, 6.07) is -0.0115. The van der Waals surface area contributed by atoms with E-state index in [1.165, 1.54) is 0 Å². The van der Waals surface area contributed by atoms with Crippen LogP contribution in [0.25, 0.3) is 11.4 Å². The molecule has 4 heterocycles. The van der Waals surface area contributed by atoms with E-state index >= 15 is 0 Å². The Kier molecular flexibility index (Phi) is 6.32. The second-order valence-corrected chi connectivity index (χ2v) is 6.22. The lowest BCUT2D eigenvalue weighted by atomic mass is 10.1. The van der Waals surface area contributed by atoms with E-state index < -0.39 is 6.10 Å². The maximum Gasteiger partial charge on any atom is 0.290 e. The highest BCUT2D eigenvalue weighted by Crippen LogP contribution is 2.36. The summed E-state index contributed by atoms with van der Waals surface area (Å²) in [7, 11) is 0. The molecule has 2 aliphatic rings. The van der Waals surface area contributed by atoms with Crippen molar-refractivity contribution in [2.45, 2.75) is 37.7 Å². The molecule has 2 fully saturated rings. The summed E-state index contributed by atoms with van der Waals surface area (Å²) in [5, 5.41) is 19.9. The quantitative estimate of drug-likeness (QED) is 0.640. The van der Waals surface area contributed by atoms with E-state index in [4.69, 9.17) is 19.4 Å². The fourth-order valence-electron chi connectivity index (χ4n) is 3.27. The van der Waals surface area contributed by atoms with Crippen molar-refractivity contribution in [3.63, 3.8) is 0 Å². The van der Waals surface area contributed by atoms with Crippen LogP contribution in [0.2, 0.25) is 0 Å². The molecule has 0 bridgehead atoms. The van der Waals surface area contributed by atoms with Gasteiger partial charge in [0.15, 0.2) is 0 Å². The van der Waals surface area contributed by atoms with Crippen molar-refractivity contribution in [3.05, 3.63) is 24.8 Å². The van der Waals surface area contributed by atoms with Gasteiger partial charge in [-0.15, -0.1) is 0 Å². The summed E-state index contributed by atoms with van der Waals surface area (Å²) >= 11 is 0. The molecule has 0 radical (unpaired) electrons. The highest BCUT2D eigenvalue weighted by atomic mass is 16.6. The van der Waals surface area contributed by atoms with E-state index in [1.54, 1.807) is 18.6 Å². The number of rotatable bonds is 5. The average Bonchev–Trinajstić information content (AvgIpc) is 3.39. The standard InChI is InChI=1S/C16H21N5O3.CH2O2/c1-2-3-18-16-19-6-10(7-20-16)15-17-4-5-21(15)11-8-23-14-12(22)9-24-13(11)14;2-1-3/h4-7,11-14,22H,2-3,8-9H2,1H3,(H,18,19,20);1H,(H,2,3)/t11-,12+,13+,14+;/m0./s1. The number of aliphatic hydroxyl groups is 1. The van der Waals surface area contributed by atoms with Gasteiger partial charge < -0.3 is 29.6 Å². The molecule has 0 amide bonds. The first-order valence-electron chi connectivity index (χ1n) is 8.77. The van der Waals surface area contributed by atoms with E-state index in [1.807, 2.05) is 10.8 Å². The summed E-state index contributed by atoms with van der Waals surface area (Å²) in [6.45, 7) is 3.50. The van der Waals surface area contributed by atoms with Crippen LogP contribution in [-0.2, 0) is 14.3 Å². The number of fused-ring (bicyclic) bond motifs is 1. The normalized spacial score (nSPS) is 26.1. The molecule has 27 heavy (non-hydrogen) atoms. The number of imidazole rings is 1. The van der Waals surface area contributed by atoms with Crippen molar-refractivity contribution in [3.8, 4) is 11.4 Å².